The Kier molecular flexibility index (Phi) is 8.83. The first-order valence-electron chi connectivity index (χ1n) is 22.2. The maximum atomic E-state index is 15.5. The Balaban J connectivity index is 1.03. The lowest BCUT2D eigenvalue weighted by Gasteiger charge is -2.72. The van der Waals surface area contributed by atoms with Gasteiger partial charge in [-0.05, 0) is 108 Å². The van der Waals surface area contributed by atoms with Crippen LogP contribution in [0.2, 0.25) is 0 Å². The van der Waals surface area contributed by atoms with E-state index in [1.165, 1.54) is 32.7 Å². The van der Waals surface area contributed by atoms with E-state index < -0.39 is 64.3 Å². The molecule has 13 atom stereocenters. The van der Waals surface area contributed by atoms with Gasteiger partial charge in [0.2, 0.25) is 5.79 Å². The number of hydrogen-bond donors (Lipinski definition) is 8. The van der Waals surface area contributed by atoms with Crippen LogP contribution in [0.25, 0.3) is 0 Å². The second-order valence-corrected chi connectivity index (χ2v) is 22.2. The summed E-state index contributed by atoms with van der Waals surface area (Å²) in [4.78, 5) is 30.5. The van der Waals surface area contributed by atoms with Gasteiger partial charge in [-0.1, -0.05) is 70.5 Å². The standard InChI is InChI=1S/C48H52N2O10S2/c51-20-25-5-1-4-24(12-25)13-26-14-34-39(54)29-7-2-8-35-38(29)41(55)45(34,36(53)15-26)22-61-62-23-50-37-18-33-31(19-49-37)27-16-28-6-3-10-44(28,33)40-30(17-27)32-9-11-47(59-35)43(57)48(40,58)42(56)46(32,21-52)60-47/h1-2,4-5,7-8,12,14-15,18,27-28,30,32,34,40,42-43,49-53,56-58H,3,6,9-11,13,16-17,19-23H2/t27-,28+,30+,32-,34+,40-,42+,43-,44-,45-,46-,47+,48-/m0/s1. The molecule has 4 aliphatic heterocycles. The maximum absolute atomic E-state index is 15.5. The van der Waals surface area contributed by atoms with Crippen molar-refractivity contribution < 1.29 is 49.7 Å². The van der Waals surface area contributed by atoms with Gasteiger partial charge >= 0.3 is 0 Å². The van der Waals surface area contributed by atoms with E-state index in [4.69, 9.17) is 9.47 Å². The van der Waals surface area contributed by atoms with Gasteiger partial charge in [0.25, 0.3) is 0 Å². The molecule has 7 aliphatic carbocycles. The number of aliphatic hydroxyl groups excluding tert-OH is 5. The largest absolute Gasteiger partial charge is 0.511 e. The zero-order valence-electron chi connectivity index (χ0n) is 34.2. The first kappa shape index (κ1) is 40.0. The molecule has 0 amide bonds. The van der Waals surface area contributed by atoms with E-state index in [-0.39, 0.29) is 70.9 Å². The summed E-state index contributed by atoms with van der Waals surface area (Å²) < 4.78 is 13.8. The molecule has 62 heavy (non-hydrogen) atoms. The number of hydrogen-bond acceptors (Lipinski definition) is 14. The van der Waals surface area contributed by atoms with Crippen molar-refractivity contribution in [2.24, 2.45) is 46.3 Å². The molecule has 0 aromatic heterocycles. The summed E-state index contributed by atoms with van der Waals surface area (Å²) in [7, 11) is 2.89. The fourth-order valence-electron chi connectivity index (χ4n) is 15.0. The van der Waals surface area contributed by atoms with Crippen LogP contribution in [-0.2, 0) is 17.8 Å². The van der Waals surface area contributed by atoms with Gasteiger partial charge in [-0.3, -0.25) is 9.59 Å². The van der Waals surface area contributed by atoms with Gasteiger partial charge in [0.1, 0.15) is 34.2 Å². The van der Waals surface area contributed by atoms with Gasteiger partial charge in [-0.2, -0.15) is 0 Å². The van der Waals surface area contributed by atoms with E-state index in [2.05, 4.69) is 16.7 Å². The Hall–Kier alpha value is -3.60. The SMILES string of the molecule is O=C1c2cccc3c2C(=O)[C@]2(CSSCNC4=CC5=C(CN4)[C@@H]4C[C@@H]6[C@@H]7CC[C@@]8(O3)O[C@]7(CO)[C@@H](O)[C@](O)([C@H]8O)[C@@H]6[C@]53CCC[C@@H]3C4)C(O)=CC(Cc3cccc(CO)c3)=C[C@H]12. The number of ether oxygens (including phenoxy) is 2. The quantitative estimate of drug-likeness (QED) is 0.198. The van der Waals surface area contributed by atoms with Crippen LogP contribution in [0.1, 0.15) is 76.8 Å². The topological polar surface area (TPSA) is 198 Å². The molecule has 13 rings (SSSR count). The van der Waals surface area contributed by atoms with E-state index in [1.54, 1.807) is 30.4 Å². The van der Waals surface area contributed by atoms with Gasteiger partial charge in [-0.15, -0.1) is 0 Å². The minimum atomic E-state index is -2.18. The molecule has 2 aromatic rings. The summed E-state index contributed by atoms with van der Waals surface area (Å²) in [6, 6.07) is 12.2. The van der Waals surface area contributed by atoms with Crippen molar-refractivity contribution in [3.63, 3.8) is 0 Å². The van der Waals surface area contributed by atoms with Gasteiger partial charge in [0, 0.05) is 35.6 Å². The summed E-state index contributed by atoms with van der Waals surface area (Å²) in [6.07, 6.45) is 7.43. The van der Waals surface area contributed by atoms with E-state index in [9.17, 15) is 35.4 Å². The highest BCUT2D eigenvalue weighted by molar-refractivity contribution is 8.76. The molecule has 11 aliphatic rings. The highest BCUT2D eigenvalue weighted by Crippen LogP contribution is 2.75. The highest BCUT2D eigenvalue weighted by Gasteiger charge is 2.83. The number of Topliss-reactive ketones (excluding diaryl/α,β-unsaturated/α-hetero) is 2. The third kappa shape index (κ3) is 4.93. The fraction of sp³-hybridized carbons (Fsp3) is 0.542. The van der Waals surface area contributed by atoms with Gasteiger partial charge in [0.15, 0.2) is 17.7 Å². The molecule has 2 aromatic carbocycles. The van der Waals surface area contributed by atoms with Gasteiger partial charge < -0.3 is 50.7 Å². The summed E-state index contributed by atoms with van der Waals surface area (Å²) in [5, 5.41) is 80.1. The van der Waals surface area contributed by atoms with E-state index in [0.29, 0.717) is 30.8 Å². The lowest BCUT2D eigenvalue weighted by atomic mass is 9.42. The van der Waals surface area contributed by atoms with Crippen LogP contribution in [0.5, 0.6) is 5.75 Å². The van der Waals surface area contributed by atoms with Crippen molar-refractivity contribution >= 4 is 33.2 Å². The molecular weight excluding hydrogens is 829 g/mol. The lowest BCUT2D eigenvalue weighted by molar-refractivity contribution is -0.461. The number of carbonyl (C=O) groups is 2. The van der Waals surface area contributed by atoms with Crippen LogP contribution in [-0.4, -0.2) is 96.2 Å². The fourth-order valence-corrected chi connectivity index (χ4v) is 17.3. The number of ketones is 2. The van der Waals surface area contributed by atoms with Crippen molar-refractivity contribution in [1.29, 1.82) is 0 Å². The Morgan fingerprint density at radius 2 is 1.77 bits per heavy atom. The number of nitrogens with one attached hydrogen (secondary N) is 2. The van der Waals surface area contributed by atoms with Crippen molar-refractivity contribution in [2.45, 2.75) is 87.2 Å². The molecule has 3 saturated carbocycles. The van der Waals surface area contributed by atoms with Crippen LogP contribution in [0.4, 0.5) is 0 Å². The Morgan fingerprint density at radius 1 is 0.935 bits per heavy atom. The number of allylic oxidation sites excluding steroid dienone is 6. The number of rotatable bonds is 4. The van der Waals surface area contributed by atoms with Crippen LogP contribution in [0.3, 0.4) is 0 Å². The van der Waals surface area contributed by atoms with Gasteiger partial charge in [-0.25, -0.2) is 0 Å². The first-order valence-corrected chi connectivity index (χ1v) is 24.7. The number of carbonyl (C=O) groups excluding carboxylic acids is 2. The third-order valence-corrected chi connectivity index (χ3v) is 19.6. The van der Waals surface area contributed by atoms with E-state index in [0.717, 1.165) is 49.1 Å². The Morgan fingerprint density at radius 3 is 2.61 bits per heavy atom. The number of benzene rings is 2. The average Bonchev–Trinajstić information content (AvgIpc) is 3.59. The molecule has 14 heteroatoms. The average molecular weight is 881 g/mol. The molecule has 10 bridgehead atoms. The maximum Gasteiger partial charge on any atom is 0.240 e. The Bertz CT molecular complexity index is 2450. The molecule has 12 nitrogen and oxygen atoms in total. The summed E-state index contributed by atoms with van der Waals surface area (Å²) in [5.41, 5.74) is -1.26. The molecule has 0 unspecified atom stereocenters. The molecule has 8 N–H and O–H groups in total. The van der Waals surface area contributed by atoms with Crippen molar-refractivity contribution in [2.75, 3.05) is 24.8 Å². The van der Waals surface area contributed by atoms with Gasteiger partial charge in [0.05, 0.1) is 36.4 Å². The summed E-state index contributed by atoms with van der Waals surface area (Å²) >= 11 is 0. The first-order chi connectivity index (χ1) is 29.9. The minimum absolute atomic E-state index is 0.0302. The zero-order valence-corrected chi connectivity index (χ0v) is 35.9. The second kappa shape index (κ2) is 13.7. The highest BCUT2D eigenvalue weighted by atomic mass is 33.1. The number of dihydropyridines is 1. The summed E-state index contributed by atoms with van der Waals surface area (Å²) in [5.74, 6) is -3.56. The smallest absolute Gasteiger partial charge is 0.240 e. The third-order valence-electron chi connectivity index (χ3n) is 17.3. The molecule has 5 fully saturated rings. The van der Waals surface area contributed by atoms with E-state index in [1.807, 2.05) is 24.3 Å². The van der Waals surface area contributed by atoms with E-state index >= 15 is 4.79 Å². The van der Waals surface area contributed by atoms with Crippen LogP contribution < -0.4 is 15.4 Å². The minimum Gasteiger partial charge on any atom is -0.511 e. The molecule has 3 spiro atoms. The molecule has 2 saturated heterocycles. The van der Waals surface area contributed by atoms with Crippen LogP contribution >= 0.6 is 21.6 Å². The molecule has 4 heterocycles. The van der Waals surface area contributed by atoms with Crippen LogP contribution in [0.15, 0.2) is 89.0 Å². The zero-order chi connectivity index (χ0) is 42.6. The van der Waals surface area contributed by atoms with Crippen molar-refractivity contribution in [3.05, 3.63) is 111 Å². The monoisotopic (exact) mass is 880 g/mol. The summed E-state index contributed by atoms with van der Waals surface area (Å²) in [6.45, 7) is -0.114. The normalized spacial score (nSPS) is 43.3. The lowest BCUT2D eigenvalue weighted by Crippen LogP contribution is -2.88. The van der Waals surface area contributed by atoms with Crippen molar-refractivity contribution in [1.82, 2.24) is 10.6 Å². The predicted molar refractivity (Wildman–Crippen MR) is 230 cm³/mol. The Labute approximate surface area is 367 Å². The molecular formula is C48H52N2O10S2. The van der Waals surface area contributed by atoms with Crippen molar-refractivity contribution in [3.8, 4) is 5.75 Å². The molecule has 326 valence electrons. The molecule has 0 radical (unpaired) electrons. The van der Waals surface area contributed by atoms with Crippen LogP contribution in [0, 0.1) is 46.3 Å². The second-order valence-electron chi connectivity index (χ2n) is 19.7. The predicted octanol–water partition coefficient (Wildman–Crippen LogP) is 4.62. The number of aliphatic hydroxyl groups is 6.